The van der Waals surface area contributed by atoms with Crippen LogP contribution in [-0.2, 0) is 0 Å². The molecule has 78 valence electrons. The molecule has 1 aliphatic rings. The monoisotopic (exact) mass is 184 g/mol. The number of aliphatic hydroxyl groups excluding tert-OH is 1. The molecule has 1 nitrogen and oxygen atoms in total. The lowest BCUT2D eigenvalue weighted by molar-refractivity contribution is 0.106. The van der Waals surface area contributed by atoms with E-state index < -0.39 is 0 Å². The van der Waals surface area contributed by atoms with Crippen molar-refractivity contribution in [2.45, 2.75) is 59.0 Å². The van der Waals surface area contributed by atoms with Crippen LogP contribution >= 0.6 is 0 Å². The van der Waals surface area contributed by atoms with Crippen LogP contribution < -0.4 is 0 Å². The highest BCUT2D eigenvalue weighted by Gasteiger charge is 2.15. The fourth-order valence-corrected chi connectivity index (χ4v) is 1.40. The summed E-state index contributed by atoms with van der Waals surface area (Å²) in [6.45, 7) is 6.46. The van der Waals surface area contributed by atoms with E-state index in [2.05, 4.69) is 33.6 Å². The second kappa shape index (κ2) is 11.5. The van der Waals surface area contributed by atoms with Gasteiger partial charge in [0, 0.05) is 0 Å². The van der Waals surface area contributed by atoms with E-state index in [1.165, 1.54) is 19.3 Å². The Bertz CT molecular complexity index is 98.9. The molecule has 1 heteroatoms. The van der Waals surface area contributed by atoms with Crippen molar-refractivity contribution >= 4 is 0 Å². The van der Waals surface area contributed by atoms with E-state index in [1.54, 1.807) is 0 Å². The zero-order chi connectivity index (χ0) is 10.7. The number of hydrogen-bond donors (Lipinski definition) is 1. The standard InChI is InChI=1S/C7H14O.C3H8.C2H2/c1-6-3-2-4-7(8)5-6;1-3-2;1-2/h6-8H,2-5H2,1H3;3H2,1-2H3;1-2H. The molecular formula is C12H24O. The average Bonchev–Trinajstić information content (AvgIpc) is 2.08. The molecule has 2 unspecified atom stereocenters. The van der Waals surface area contributed by atoms with E-state index in [1.807, 2.05) is 0 Å². The third kappa shape index (κ3) is 11.5. The Morgan fingerprint density at radius 3 is 1.92 bits per heavy atom. The third-order valence-electron chi connectivity index (χ3n) is 1.91. The molecule has 0 aliphatic heterocycles. The van der Waals surface area contributed by atoms with E-state index in [0.29, 0.717) is 0 Å². The molecule has 1 N–H and O–H groups in total. The van der Waals surface area contributed by atoms with Gasteiger partial charge in [0.15, 0.2) is 0 Å². The quantitative estimate of drug-likeness (QED) is 0.573. The Morgan fingerprint density at radius 2 is 1.69 bits per heavy atom. The molecule has 0 heterocycles. The van der Waals surface area contributed by atoms with Crippen LogP contribution in [0.2, 0.25) is 0 Å². The van der Waals surface area contributed by atoms with E-state index >= 15 is 0 Å². The molecule has 0 saturated heterocycles. The summed E-state index contributed by atoms with van der Waals surface area (Å²) in [4.78, 5) is 0. The largest absolute Gasteiger partial charge is 0.393 e. The lowest BCUT2D eigenvalue weighted by Crippen LogP contribution is -2.16. The van der Waals surface area contributed by atoms with E-state index in [0.717, 1.165) is 18.8 Å². The Hall–Kier alpha value is -0.480. The van der Waals surface area contributed by atoms with Crippen LogP contribution in [0.4, 0.5) is 0 Å². The van der Waals surface area contributed by atoms with Crippen LogP contribution in [0.15, 0.2) is 0 Å². The van der Waals surface area contributed by atoms with Gasteiger partial charge in [0.2, 0.25) is 0 Å². The van der Waals surface area contributed by atoms with Crippen molar-refractivity contribution < 1.29 is 5.11 Å². The molecule has 0 bridgehead atoms. The van der Waals surface area contributed by atoms with Crippen LogP contribution in [0, 0.1) is 18.8 Å². The van der Waals surface area contributed by atoms with Crippen LogP contribution in [-0.4, -0.2) is 11.2 Å². The predicted octanol–water partition coefficient (Wildman–Crippen LogP) is 3.22. The Kier molecular flexibility index (Phi) is 13.3. The SMILES string of the molecule is C#C.CC1CCCC(O)C1.CCC. The maximum Gasteiger partial charge on any atom is 0.0542 e. The second-order valence-corrected chi connectivity index (χ2v) is 3.63. The topological polar surface area (TPSA) is 20.2 Å². The smallest absolute Gasteiger partial charge is 0.0542 e. The summed E-state index contributed by atoms with van der Waals surface area (Å²) in [5, 5.41) is 9.08. The van der Waals surface area contributed by atoms with Crippen molar-refractivity contribution in [2.24, 2.45) is 5.92 Å². The first kappa shape index (κ1) is 15.0. The molecule has 0 aromatic carbocycles. The third-order valence-corrected chi connectivity index (χ3v) is 1.91. The number of aliphatic hydroxyl groups is 1. The van der Waals surface area contributed by atoms with Crippen molar-refractivity contribution in [2.75, 3.05) is 0 Å². The van der Waals surface area contributed by atoms with Crippen molar-refractivity contribution in [3.63, 3.8) is 0 Å². The highest BCUT2D eigenvalue weighted by molar-refractivity contribution is 4.67. The Balaban J connectivity index is 0. The Labute approximate surface area is 83.6 Å². The van der Waals surface area contributed by atoms with E-state index in [-0.39, 0.29) is 6.10 Å². The first-order valence-electron chi connectivity index (χ1n) is 5.22. The molecule has 0 aromatic rings. The molecular weight excluding hydrogens is 160 g/mol. The zero-order valence-corrected chi connectivity index (χ0v) is 9.29. The summed E-state index contributed by atoms with van der Waals surface area (Å²) in [7, 11) is 0. The average molecular weight is 184 g/mol. The number of hydrogen-bond acceptors (Lipinski definition) is 1. The van der Waals surface area contributed by atoms with E-state index in [4.69, 9.17) is 5.11 Å². The molecule has 1 saturated carbocycles. The molecule has 0 amide bonds. The fraction of sp³-hybridized carbons (Fsp3) is 0.833. The molecule has 1 rings (SSSR count). The molecule has 0 spiro atoms. The lowest BCUT2D eigenvalue weighted by Gasteiger charge is -2.21. The van der Waals surface area contributed by atoms with Gasteiger partial charge >= 0.3 is 0 Å². The van der Waals surface area contributed by atoms with Crippen LogP contribution in [0.5, 0.6) is 0 Å². The second-order valence-electron chi connectivity index (χ2n) is 3.63. The summed E-state index contributed by atoms with van der Waals surface area (Å²) in [6, 6.07) is 0. The summed E-state index contributed by atoms with van der Waals surface area (Å²) < 4.78 is 0. The minimum atomic E-state index is 0.0127. The normalized spacial score (nSPS) is 26.0. The highest BCUT2D eigenvalue weighted by atomic mass is 16.3. The van der Waals surface area contributed by atoms with Gasteiger partial charge in [0.1, 0.15) is 0 Å². The predicted molar refractivity (Wildman–Crippen MR) is 59.5 cm³/mol. The van der Waals surface area contributed by atoms with Gasteiger partial charge in [0.05, 0.1) is 6.10 Å². The van der Waals surface area contributed by atoms with Crippen LogP contribution in [0.25, 0.3) is 0 Å². The van der Waals surface area contributed by atoms with Gasteiger partial charge < -0.3 is 5.11 Å². The molecule has 2 atom stereocenters. The maximum absolute atomic E-state index is 9.08. The maximum atomic E-state index is 9.08. The first-order valence-corrected chi connectivity index (χ1v) is 5.22. The van der Waals surface area contributed by atoms with Gasteiger partial charge in [-0.2, -0.15) is 0 Å². The zero-order valence-electron chi connectivity index (χ0n) is 9.29. The van der Waals surface area contributed by atoms with Gasteiger partial charge in [-0.05, 0) is 18.8 Å². The van der Waals surface area contributed by atoms with Gasteiger partial charge in [-0.1, -0.05) is 40.0 Å². The van der Waals surface area contributed by atoms with Crippen LogP contribution in [0.3, 0.4) is 0 Å². The fourth-order valence-electron chi connectivity index (χ4n) is 1.40. The van der Waals surface area contributed by atoms with Crippen molar-refractivity contribution in [1.29, 1.82) is 0 Å². The lowest BCUT2D eigenvalue weighted by atomic mass is 9.89. The van der Waals surface area contributed by atoms with E-state index in [9.17, 15) is 0 Å². The minimum Gasteiger partial charge on any atom is -0.393 e. The Morgan fingerprint density at radius 1 is 1.23 bits per heavy atom. The van der Waals surface area contributed by atoms with Crippen molar-refractivity contribution in [1.82, 2.24) is 0 Å². The molecule has 1 aliphatic carbocycles. The van der Waals surface area contributed by atoms with Crippen molar-refractivity contribution in [3.05, 3.63) is 0 Å². The summed E-state index contributed by atoms with van der Waals surface area (Å²) >= 11 is 0. The van der Waals surface area contributed by atoms with Crippen LogP contribution in [0.1, 0.15) is 52.9 Å². The molecule has 0 aromatic heterocycles. The first-order chi connectivity index (χ1) is 6.20. The minimum absolute atomic E-state index is 0.0127. The van der Waals surface area contributed by atoms with Crippen molar-refractivity contribution in [3.8, 4) is 12.8 Å². The molecule has 1 fully saturated rings. The van der Waals surface area contributed by atoms with Gasteiger partial charge in [-0.3, -0.25) is 0 Å². The van der Waals surface area contributed by atoms with Gasteiger partial charge in [-0.25, -0.2) is 0 Å². The number of terminal acetylenes is 1. The molecule has 13 heavy (non-hydrogen) atoms. The highest BCUT2D eigenvalue weighted by Crippen LogP contribution is 2.22. The van der Waals surface area contributed by atoms with Gasteiger partial charge in [0.25, 0.3) is 0 Å². The molecule has 0 radical (unpaired) electrons. The summed E-state index contributed by atoms with van der Waals surface area (Å²) in [6.07, 6.45) is 13.9. The summed E-state index contributed by atoms with van der Waals surface area (Å²) in [5.41, 5.74) is 0. The number of rotatable bonds is 0. The summed E-state index contributed by atoms with van der Waals surface area (Å²) in [5.74, 6) is 0.763. The van der Waals surface area contributed by atoms with Gasteiger partial charge in [-0.15, -0.1) is 12.8 Å².